The van der Waals surface area contributed by atoms with Crippen molar-refractivity contribution in [2.45, 2.75) is 12.8 Å². The minimum absolute atomic E-state index is 0.00749. The Morgan fingerprint density at radius 3 is 2.36 bits per heavy atom. The van der Waals surface area contributed by atoms with Crippen molar-refractivity contribution >= 4 is 22.7 Å². The zero-order valence-corrected chi connectivity index (χ0v) is 19.7. The van der Waals surface area contributed by atoms with Gasteiger partial charge >= 0.3 is 0 Å². The number of benzene rings is 2. The summed E-state index contributed by atoms with van der Waals surface area (Å²) < 4.78 is 28.8. The summed E-state index contributed by atoms with van der Waals surface area (Å²) in [5.74, 6) is -0.702. The number of piperidine rings is 1. The molecule has 0 atom stereocenters. The van der Waals surface area contributed by atoms with Crippen LogP contribution in [-0.2, 0) is 0 Å². The van der Waals surface area contributed by atoms with Gasteiger partial charge in [-0.2, -0.15) is 0 Å². The van der Waals surface area contributed by atoms with Crippen LogP contribution in [0, 0.1) is 23.5 Å². The van der Waals surface area contributed by atoms with Crippen molar-refractivity contribution in [1.29, 1.82) is 0 Å². The summed E-state index contributed by atoms with van der Waals surface area (Å²) >= 11 is 0. The lowest BCUT2D eigenvalue weighted by molar-refractivity contribution is 0.0225. The van der Waals surface area contributed by atoms with Gasteiger partial charge in [-0.1, -0.05) is 0 Å². The molecule has 2 aliphatic rings. The number of hydrogen-bond acceptors (Lipinski definition) is 2. The van der Waals surface area contributed by atoms with E-state index in [2.05, 4.69) is 4.98 Å². The number of rotatable bonds is 4. The third-order valence-corrected chi connectivity index (χ3v) is 7.64. The third kappa shape index (κ3) is 3.96. The summed E-state index contributed by atoms with van der Waals surface area (Å²) in [6, 6.07) is 14.8. The molecule has 0 bridgehead atoms. The number of aromatic nitrogens is 2. The average molecular weight is 489 g/mol. The van der Waals surface area contributed by atoms with E-state index in [9.17, 15) is 18.4 Å². The average Bonchev–Trinajstić information content (AvgIpc) is 3.55. The lowest BCUT2D eigenvalue weighted by Gasteiger charge is -2.46. The fraction of sp³-hybridized carbons (Fsp3) is 0.286. The van der Waals surface area contributed by atoms with E-state index >= 15 is 0 Å². The number of nitrogens with one attached hydrogen (secondary N) is 1. The predicted octanol–water partition coefficient (Wildman–Crippen LogP) is 4.86. The Kier molecular flexibility index (Phi) is 5.59. The highest BCUT2D eigenvalue weighted by Crippen LogP contribution is 2.33. The van der Waals surface area contributed by atoms with Gasteiger partial charge in [-0.15, -0.1) is 0 Å². The molecular weight excluding hydrogens is 462 g/mol. The largest absolute Gasteiger partial charge is 0.357 e. The third-order valence-electron chi connectivity index (χ3n) is 7.64. The van der Waals surface area contributed by atoms with Crippen LogP contribution in [0.5, 0.6) is 0 Å². The van der Waals surface area contributed by atoms with E-state index < -0.39 is 11.6 Å². The van der Waals surface area contributed by atoms with E-state index in [4.69, 9.17) is 0 Å². The molecule has 2 amide bonds. The predicted molar refractivity (Wildman–Crippen MR) is 132 cm³/mol. The molecule has 0 spiro atoms. The molecule has 2 aromatic carbocycles. The Balaban J connectivity index is 1.08. The second kappa shape index (κ2) is 8.93. The SMILES string of the molecule is O=C(c1ccc2c(ccn2-c2ccc(F)c(F)c2)c1)N1CCC(C2CN(C(=O)c3ccc[nH]3)C2)CC1. The molecule has 8 heteroatoms. The molecule has 4 aromatic rings. The summed E-state index contributed by atoms with van der Waals surface area (Å²) in [5, 5.41) is 0.863. The van der Waals surface area contributed by atoms with Crippen LogP contribution in [0.25, 0.3) is 16.6 Å². The molecule has 36 heavy (non-hydrogen) atoms. The number of hydrogen-bond donors (Lipinski definition) is 1. The highest BCUT2D eigenvalue weighted by molar-refractivity contribution is 5.98. The van der Waals surface area contributed by atoms with Crippen LogP contribution < -0.4 is 0 Å². The van der Waals surface area contributed by atoms with E-state index in [1.165, 1.54) is 6.07 Å². The van der Waals surface area contributed by atoms with Crippen LogP contribution >= 0.6 is 0 Å². The maximum Gasteiger partial charge on any atom is 0.270 e. The standard InChI is InChI=1S/C28H26F2N4O2/c29-23-5-4-22(15-24(23)30)34-13-9-19-14-20(3-6-26(19)34)27(35)32-11-7-18(8-12-32)21-16-33(17-21)28(36)25-2-1-10-31-25/h1-6,9-10,13-15,18,21,31H,7-8,11-12,16-17H2. The molecule has 0 radical (unpaired) electrons. The number of fused-ring (bicyclic) bond motifs is 1. The van der Waals surface area contributed by atoms with Crippen molar-refractivity contribution in [2.24, 2.45) is 11.8 Å². The number of aromatic amines is 1. The van der Waals surface area contributed by atoms with Crippen molar-refractivity contribution in [3.8, 4) is 5.69 Å². The van der Waals surface area contributed by atoms with Crippen LogP contribution in [-0.4, -0.2) is 57.3 Å². The van der Waals surface area contributed by atoms with Crippen LogP contribution in [0.2, 0.25) is 0 Å². The van der Waals surface area contributed by atoms with E-state index in [0.717, 1.165) is 49.0 Å². The molecule has 2 fully saturated rings. The van der Waals surface area contributed by atoms with Crippen molar-refractivity contribution < 1.29 is 18.4 Å². The molecule has 2 aliphatic heterocycles. The number of nitrogens with zero attached hydrogens (tertiary/aromatic N) is 3. The molecule has 184 valence electrons. The van der Waals surface area contributed by atoms with E-state index in [-0.39, 0.29) is 11.8 Å². The highest BCUT2D eigenvalue weighted by atomic mass is 19.2. The number of carbonyl (C=O) groups excluding carboxylic acids is 2. The Morgan fingerprint density at radius 1 is 0.833 bits per heavy atom. The normalized spacial score (nSPS) is 16.9. The summed E-state index contributed by atoms with van der Waals surface area (Å²) in [4.78, 5) is 32.4. The van der Waals surface area contributed by atoms with Crippen molar-refractivity contribution in [3.05, 3.63) is 89.9 Å². The van der Waals surface area contributed by atoms with Crippen LogP contribution in [0.15, 0.2) is 67.0 Å². The summed E-state index contributed by atoms with van der Waals surface area (Å²) in [6.45, 7) is 2.97. The minimum atomic E-state index is -0.897. The summed E-state index contributed by atoms with van der Waals surface area (Å²) in [7, 11) is 0. The number of H-pyrrole nitrogens is 1. The monoisotopic (exact) mass is 488 g/mol. The van der Waals surface area contributed by atoms with Crippen LogP contribution in [0.4, 0.5) is 8.78 Å². The first kappa shape index (κ1) is 22.5. The molecule has 0 unspecified atom stereocenters. The second-order valence-electron chi connectivity index (χ2n) is 9.74. The van der Waals surface area contributed by atoms with Crippen molar-refractivity contribution in [1.82, 2.24) is 19.4 Å². The number of amides is 2. The van der Waals surface area contributed by atoms with Gasteiger partial charge in [0, 0.05) is 61.3 Å². The Hall–Kier alpha value is -3.94. The molecular formula is C28H26F2N4O2. The van der Waals surface area contributed by atoms with Gasteiger partial charge in [-0.3, -0.25) is 9.59 Å². The van der Waals surface area contributed by atoms with E-state index in [1.54, 1.807) is 29.1 Å². The van der Waals surface area contributed by atoms with Crippen molar-refractivity contribution in [2.75, 3.05) is 26.2 Å². The fourth-order valence-electron chi connectivity index (χ4n) is 5.50. The number of halogens is 2. The van der Waals surface area contributed by atoms with Gasteiger partial charge in [0.05, 0.1) is 5.52 Å². The van der Waals surface area contributed by atoms with E-state index in [1.807, 2.05) is 34.1 Å². The number of likely N-dealkylation sites (tertiary alicyclic amines) is 2. The molecule has 2 saturated heterocycles. The number of carbonyl (C=O) groups is 2. The Morgan fingerprint density at radius 2 is 1.64 bits per heavy atom. The lowest BCUT2D eigenvalue weighted by atomic mass is 9.79. The van der Waals surface area contributed by atoms with Crippen LogP contribution in [0.1, 0.15) is 33.7 Å². The van der Waals surface area contributed by atoms with Crippen LogP contribution in [0.3, 0.4) is 0 Å². The topological polar surface area (TPSA) is 61.3 Å². The van der Waals surface area contributed by atoms with Gasteiger partial charge in [0.2, 0.25) is 0 Å². The molecule has 2 aromatic heterocycles. The van der Waals surface area contributed by atoms with Crippen molar-refractivity contribution in [3.63, 3.8) is 0 Å². The molecule has 6 rings (SSSR count). The van der Waals surface area contributed by atoms with Gasteiger partial charge in [-0.05, 0) is 73.2 Å². The summed E-state index contributed by atoms with van der Waals surface area (Å²) in [6.07, 6.45) is 5.43. The first-order valence-electron chi connectivity index (χ1n) is 12.3. The van der Waals surface area contributed by atoms with Gasteiger partial charge in [0.25, 0.3) is 11.8 Å². The maximum atomic E-state index is 13.7. The fourth-order valence-corrected chi connectivity index (χ4v) is 5.50. The lowest BCUT2D eigenvalue weighted by Crippen LogP contribution is -2.54. The molecule has 0 saturated carbocycles. The zero-order valence-electron chi connectivity index (χ0n) is 19.7. The molecule has 4 heterocycles. The highest BCUT2D eigenvalue weighted by Gasteiger charge is 2.38. The van der Waals surface area contributed by atoms with Gasteiger partial charge in [0.15, 0.2) is 11.6 Å². The van der Waals surface area contributed by atoms with Gasteiger partial charge in [-0.25, -0.2) is 8.78 Å². The molecule has 6 nitrogen and oxygen atoms in total. The Bertz CT molecular complexity index is 1430. The first-order chi connectivity index (χ1) is 17.5. The van der Waals surface area contributed by atoms with Gasteiger partial charge < -0.3 is 19.4 Å². The quantitative estimate of drug-likeness (QED) is 0.446. The first-order valence-corrected chi connectivity index (χ1v) is 12.3. The smallest absolute Gasteiger partial charge is 0.270 e. The second-order valence-corrected chi connectivity index (χ2v) is 9.74. The zero-order chi connectivity index (χ0) is 24.8. The maximum absolute atomic E-state index is 13.7. The van der Waals surface area contributed by atoms with E-state index in [0.29, 0.717) is 41.9 Å². The Labute approximate surface area is 207 Å². The minimum Gasteiger partial charge on any atom is -0.357 e. The van der Waals surface area contributed by atoms with Gasteiger partial charge in [0.1, 0.15) is 5.69 Å². The molecule has 1 N–H and O–H groups in total. The summed E-state index contributed by atoms with van der Waals surface area (Å²) in [5.41, 5.74) is 2.59. The molecule has 0 aliphatic carbocycles.